The van der Waals surface area contributed by atoms with Crippen LogP contribution in [0.1, 0.15) is 5.56 Å². The quantitative estimate of drug-likeness (QED) is 0.290. The van der Waals surface area contributed by atoms with Gasteiger partial charge in [-0.1, -0.05) is 12.1 Å². The van der Waals surface area contributed by atoms with Crippen LogP contribution in [0.2, 0.25) is 0 Å². The fraction of sp³-hybridized carbons (Fsp3) is 0.222. The molecule has 10 heteroatoms. The number of rotatable bonds is 7. The number of hydrogen-bond acceptors (Lipinski definition) is 7. The van der Waals surface area contributed by atoms with Crippen LogP contribution in [0.5, 0.6) is 28.7 Å². The predicted molar refractivity (Wildman–Crippen MR) is 131 cm³/mol. The van der Waals surface area contributed by atoms with Crippen molar-refractivity contribution in [2.45, 2.75) is 6.18 Å². The van der Waals surface area contributed by atoms with E-state index in [0.717, 1.165) is 12.1 Å². The van der Waals surface area contributed by atoms with Crippen molar-refractivity contribution in [3.05, 3.63) is 64.3 Å². The topological polar surface area (TPSA) is 76.4 Å². The minimum atomic E-state index is -4.51. The molecule has 0 saturated heterocycles. The number of benzene rings is 3. The highest BCUT2D eigenvalue weighted by Gasteiger charge is 2.31. The summed E-state index contributed by atoms with van der Waals surface area (Å²) in [6.45, 7) is 0. The largest absolute Gasteiger partial charge is 0.496 e. The SMILES string of the molecule is COc1ccc(-c2oc3c(-c4ccc(C(F)(F)F)cc4)c(OC)cc(OC)c3c(=O)c2OC)cc1OC. The molecule has 0 aliphatic carbocycles. The standard InChI is InChI=1S/C27H23F3O7/c1-32-17-11-8-15(12-18(17)33-2)24-26(36-5)23(31)22-20(35-4)13-19(34-3)21(25(22)37-24)14-6-9-16(10-7-14)27(28,29)30/h6-13H,1-5H3. The summed E-state index contributed by atoms with van der Waals surface area (Å²) in [4.78, 5) is 13.7. The fourth-order valence-corrected chi connectivity index (χ4v) is 4.07. The van der Waals surface area contributed by atoms with Crippen LogP contribution in [0, 0.1) is 0 Å². The van der Waals surface area contributed by atoms with Crippen LogP contribution in [-0.2, 0) is 6.18 Å². The summed E-state index contributed by atoms with van der Waals surface area (Å²) in [6, 6.07) is 10.8. The monoisotopic (exact) mass is 516 g/mol. The summed E-state index contributed by atoms with van der Waals surface area (Å²) in [5, 5.41) is 0.0410. The van der Waals surface area contributed by atoms with Crippen molar-refractivity contribution in [3.63, 3.8) is 0 Å². The van der Waals surface area contributed by atoms with Gasteiger partial charge in [0.1, 0.15) is 16.9 Å². The highest BCUT2D eigenvalue weighted by Crippen LogP contribution is 2.45. The van der Waals surface area contributed by atoms with Crippen LogP contribution in [0.4, 0.5) is 13.2 Å². The van der Waals surface area contributed by atoms with Crippen molar-refractivity contribution < 1.29 is 41.3 Å². The van der Waals surface area contributed by atoms with Crippen LogP contribution in [0.15, 0.2) is 57.7 Å². The predicted octanol–water partition coefficient (Wildman–Crippen LogP) is 6.19. The maximum absolute atomic E-state index is 13.7. The summed E-state index contributed by atoms with van der Waals surface area (Å²) in [6.07, 6.45) is -4.51. The minimum absolute atomic E-state index is 0.0410. The third-order valence-electron chi connectivity index (χ3n) is 5.84. The molecule has 0 bridgehead atoms. The van der Waals surface area contributed by atoms with Crippen LogP contribution < -0.4 is 29.1 Å². The van der Waals surface area contributed by atoms with E-state index in [4.69, 9.17) is 28.1 Å². The lowest BCUT2D eigenvalue weighted by molar-refractivity contribution is -0.137. The van der Waals surface area contributed by atoms with Crippen LogP contribution in [0.25, 0.3) is 33.4 Å². The Balaban J connectivity index is 2.11. The second-order valence-corrected chi connectivity index (χ2v) is 7.80. The molecule has 0 fully saturated rings. The zero-order chi connectivity index (χ0) is 26.9. The molecule has 1 heterocycles. The summed E-state index contributed by atoms with van der Waals surface area (Å²) < 4.78 is 72.9. The Morgan fingerprint density at radius 3 is 1.81 bits per heavy atom. The first kappa shape index (κ1) is 25.7. The number of ether oxygens (including phenoxy) is 5. The summed E-state index contributed by atoms with van der Waals surface area (Å²) >= 11 is 0. The van der Waals surface area contributed by atoms with E-state index in [1.807, 2.05) is 0 Å². The van der Waals surface area contributed by atoms with Crippen LogP contribution >= 0.6 is 0 Å². The lowest BCUT2D eigenvalue weighted by atomic mass is 9.98. The van der Waals surface area contributed by atoms with Gasteiger partial charge < -0.3 is 28.1 Å². The molecule has 0 atom stereocenters. The van der Waals surface area contributed by atoms with Crippen molar-refractivity contribution in [2.24, 2.45) is 0 Å². The molecule has 194 valence electrons. The lowest BCUT2D eigenvalue weighted by Crippen LogP contribution is -2.10. The van der Waals surface area contributed by atoms with Gasteiger partial charge in [-0.25, -0.2) is 0 Å². The molecule has 0 aliphatic heterocycles. The first-order chi connectivity index (χ1) is 17.7. The molecule has 37 heavy (non-hydrogen) atoms. The van der Waals surface area contributed by atoms with E-state index in [1.165, 1.54) is 53.7 Å². The Labute approximate surface area is 209 Å². The Kier molecular flexibility index (Phi) is 6.93. The molecular formula is C27H23F3O7. The number of fused-ring (bicyclic) bond motifs is 1. The number of halogens is 3. The number of hydrogen-bond donors (Lipinski definition) is 0. The van der Waals surface area contributed by atoms with Gasteiger partial charge in [-0.05, 0) is 35.9 Å². The van der Waals surface area contributed by atoms with Gasteiger partial charge >= 0.3 is 6.18 Å². The third-order valence-corrected chi connectivity index (χ3v) is 5.84. The van der Waals surface area contributed by atoms with Gasteiger partial charge in [0.05, 0.1) is 46.7 Å². The van der Waals surface area contributed by atoms with E-state index in [1.54, 1.807) is 18.2 Å². The Hall–Kier alpha value is -4.34. The second kappa shape index (κ2) is 9.96. The summed E-state index contributed by atoms with van der Waals surface area (Å²) in [5.41, 5.74) is -0.263. The molecule has 0 saturated carbocycles. The highest BCUT2D eigenvalue weighted by atomic mass is 19.4. The van der Waals surface area contributed by atoms with Crippen LogP contribution in [0.3, 0.4) is 0 Å². The molecule has 4 aromatic rings. The maximum atomic E-state index is 13.7. The molecule has 0 amide bonds. The molecule has 1 aromatic heterocycles. The van der Waals surface area contributed by atoms with Gasteiger partial charge in [-0.15, -0.1) is 0 Å². The zero-order valence-electron chi connectivity index (χ0n) is 20.6. The maximum Gasteiger partial charge on any atom is 0.416 e. The molecule has 0 aliphatic rings. The van der Waals surface area contributed by atoms with E-state index in [2.05, 4.69) is 0 Å². The lowest BCUT2D eigenvalue weighted by Gasteiger charge is -2.17. The first-order valence-electron chi connectivity index (χ1n) is 10.9. The van der Waals surface area contributed by atoms with Crippen molar-refractivity contribution in [3.8, 4) is 51.2 Å². The van der Waals surface area contributed by atoms with Gasteiger partial charge in [0, 0.05) is 11.6 Å². The van der Waals surface area contributed by atoms with Crippen molar-refractivity contribution in [1.29, 1.82) is 0 Å². The Morgan fingerprint density at radius 1 is 0.676 bits per heavy atom. The third kappa shape index (κ3) is 4.50. The average Bonchev–Trinajstić information content (AvgIpc) is 2.91. The molecule has 0 spiro atoms. The minimum Gasteiger partial charge on any atom is -0.496 e. The zero-order valence-corrected chi connectivity index (χ0v) is 20.6. The average molecular weight is 516 g/mol. The van der Waals surface area contributed by atoms with Gasteiger partial charge in [0.25, 0.3) is 0 Å². The Bertz CT molecular complexity index is 1510. The van der Waals surface area contributed by atoms with E-state index in [9.17, 15) is 18.0 Å². The van der Waals surface area contributed by atoms with Crippen LogP contribution in [-0.4, -0.2) is 35.5 Å². The van der Waals surface area contributed by atoms with Crippen molar-refractivity contribution in [2.75, 3.05) is 35.5 Å². The summed E-state index contributed by atoms with van der Waals surface area (Å²) in [5.74, 6) is 1.20. The molecular weight excluding hydrogens is 493 g/mol. The Morgan fingerprint density at radius 2 is 1.27 bits per heavy atom. The summed E-state index contributed by atoms with van der Waals surface area (Å²) in [7, 11) is 7.05. The number of alkyl halides is 3. The highest BCUT2D eigenvalue weighted by molar-refractivity contribution is 6.00. The second-order valence-electron chi connectivity index (χ2n) is 7.80. The van der Waals surface area contributed by atoms with Gasteiger partial charge in [0.15, 0.2) is 22.8 Å². The van der Waals surface area contributed by atoms with Crippen molar-refractivity contribution >= 4 is 11.0 Å². The molecule has 4 rings (SSSR count). The van der Waals surface area contributed by atoms with E-state index < -0.39 is 17.2 Å². The first-order valence-corrected chi connectivity index (χ1v) is 10.9. The van der Waals surface area contributed by atoms with Crippen molar-refractivity contribution in [1.82, 2.24) is 0 Å². The normalized spacial score (nSPS) is 11.4. The van der Waals surface area contributed by atoms with Gasteiger partial charge in [-0.2, -0.15) is 13.2 Å². The van der Waals surface area contributed by atoms with Gasteiger partial charge in [0.2, 0.25) is 11.2 Å². The molecule has 0 N–H and O–H groups in total. The molecule has 3 aromatic carbocycles. The molecule has 0 unspecified atom stereocenters. The van der Waals surface area contributed by atoms with E-state index >= 15 is 0 Å². The smallest absolute Gasteiger partial charge is 0.416 e. The molecule has 7 nitrogen and oxygen atoms in total. The van der Waals surface area contributed by atoms with Gasteiger partial charge in [-0.3, -0.25) is 4.79 Å². The molecule has 0 radical (unpaired) electrons. The van der Waals surface area contributed by atoms with E-state index in [-0.39, 0.29) is 39.5 Å². The van der Waals surface area contributed by atoms with E-state index in [0.29, 0.717) is 22.6 Å². The fourth-order valence-electron chi connectivity index (χ4n) is 4.07. The number of methoxy groups -OCH3 is 5.